The van der Waals surface area contributed by atoms with Crippen molar-refractivity contribution in [2.75, 3.05) is 0 Å². The van der Waals surface area contributed by atoms with Crippen LogP contribution >= 0.6 is 0 Å². The molecule has 1 heterocycles. The molecule has 0 aliphatic carbocycles. The third kappa shape index (κ3) is 2.07. The van der Waals surface area contributed by atoms with Crippen molar-refractivity contribution in [1.29, 1.82) is 0 Å². The minimum absolute atomic E-state index is 0.0559. The first-order chi connectivity index (χ1) is 8.67. The van der Waals surface area contributed by atoms with E-state index in [9.17, 15) is 10.1 Å². The van der Waals surface area contributed by atoms with Crippen LogP contribution in [0.2, 0.25) is 0 Å². The largest absolute Gasteiger partial charge is 0.324 e. The molecule has 0 atom stereocenters. The second-order valence-corrected chi connectivity index (χ2v) is 3.69. The van der Waals surface area contributed by atoms with Gasteiger partial charge in [-0.15, -0.1) is 10.2 Å². The van der Waals surface area contributed by atoms with Crippen LogP contribution in [0.4, 0.5) is 5.69 Å². The summed E-state index contributed by atoms with van der Waals surface area (Å²) in [6.45, 7) is 2.98. The Bertz CT molecular complexity index is 561. The zero-order chi connectivity index (χ0) is 13.1. The Labute approximate surface area is 103 Å². The lowest BCUT2D eigenvalue weighted by atomic mass is 10.2. The highest BCUT2D eigenvalue weighted by Crippen LogP contribution is 2.21. The highest BCUT2D eigenvalue weighted by atomic mass is 16.6. The number of hydrogen-bond acceptors (Lipinski definition) is 5. The van der Waals surface area contributed by atoms with Gasteiger partial charge < -0.3 is 10.3 Å². The molecule has 0 amide bonds. The number of nitro groups is 1. The standard InChI is InChI=1S/C11H13N5O2/c1-2-15-10(7-12)13-14-11(15)8-3-5-9(6-4-8)16(17)18/h3-6H,2,7,12H2,1H3. The van der Waals surface area contributed by atoms with Crippen LogP contribution in [0.1, 0.15) is 12.7 Å². The molecule has 0 fully saturated rings. The average molecular weight is 247 g/mol. The molecule has 94 valence electrons. The number of nitro benzene ring substituents is 1. The lowest BCUT2D eigenvalue weighted by Gasteiger charge is -2.05. The molecular formula is C11H13N5O2. The van der Waals surface area contributed by atoms with Gasteiger partial charge in [-0.05, 0) is 19.1 Å². The molecule has 1 aromatic carbocycles. The van der Waals surface area contributed by atoms with E-state index in [1.165, 1.54) is 12.1 Å². The molecule has 0 saturated heterocycles. The number of aromatic nitrogens is 3. The molecular weight excluding hydrogens is 234 g/mol. The second-order valence-electron chi connectivity index (χ2n) is 3.69. The zero-order valence-corrected chi connectivity index (χ0v) is 9.91. The summed E-state index contributed by atoms with van der Waals surface area (Å²) in [4.78, 5) is 10.1. The summed E-state index contributed by atoms with van der Waals surface area (Å²) < 4.78 is 1.89. The molecule has 1 aromatic heterocycles. The van der Waals surface area contributed by atoms with E-state index in [0.29, 0.717) is 24.7 Å². The van der Waals surface area contributed by atoms with Gasteiger partial charge in [-0.3, -0.25) is 10.1 Å². The summed E-state index contributed by atoms with van der Waals surface area (Å²) in [7, 11) is 0. The highest BCUT2D eigenvalue weighted by Gasteiger charge is 2.12. The number of non-ortho nitro benzene ring substituents is 1. The quantitative estimate of drug-likeness (QED) is 0.649. The van der Waals surface area contributed by atoms with Crippen LogP contribution < -0.4 is 5.73 Å². The Morgan fingerprint density at radius 1 is 1.33 bits per heavy atom. The van der Waals surface area contributed by atoms with Gasteiger partial charge in [0.2, 0.25) is 0 Å². The fraction of sp³-hybridized carbons (Fsp3) is 0.273. The van der Waals surface area contributed by atoms with Crippen LogP contribution in [-0.2, 0) is 13.1 Å². The lowest BCUT2D eigenvalue weighted by Crippen LogP contribution is -2.08. The molecule has 0 spiro atoms. The smallest absolute Gasteiger partial charge is 0.269 e. The van der Waals surface area contributed by atoms with Gasteiger partial charge in [0.1, 0.15) is 5.82 Å². The van der Waals surface area contributed by atoms with Crippen molar-refractivity contribution in [2.24, 2.45) is 5.73 Å². The molecule has 0 bridgehead atoms. The van der Waals surface area contributed by atoms with Crippen LogP contribution in [0, 0.1) is 10.1 Å². The van der Waals surface area contributed by atoms with Gasteiger partial charge in [-0.2, -0.15) is 0 Å². The van der Waals surface area contributed by atoms with E-state index in [4.69, 9.17) is 5.73 Å². The fourth-order valence-electron chi connectivity index (χ4n) is 1.76. The van der Waals surface area contributed by atoms with Crippen molar-refractivity contribution in [3.05, 3.63) is 40.2 Å². The van der Waals surface area contributed by atoms with Gasteiger partial charge in [0.15, 0.2) is 5.82 Å². The molecule has 2 rings (SSSR count). The molecule has 7 nitrogen and oxygen atoms in total. The van der Waals surface area contributed by atoms with Crippen LogP contribution in [0.5, 0.6) is 0 Å². The van der Waals surface area contributed by atoms with E-state index in [1.807, 2.05) is 11.5 Å². The van der Waals surface area contributed by atoms with Crippen molar-refractivity contribution in [3.8, 4) is 11.4 Å². The third-order valence-electron chi connectivity index (χ3n) is 2.66. The minimum Gasteiger partial charge on any atom is -0.324 e. The van der Waals surface area contributed by atoms with Crippen LogP contribution in [0.3, 0.4) is 0 Å². The maximum absolute atomic E-state index is 10.6. The SMILES string of the molecule is CCn1c(CN)nnc1-c1ccc([N+](=O)[O-])cc1. The molecule has 0 aliphatic heterocycles. The molecule has 0 saturated carbocycles. The Hall–Kier alpha value is -2.28. The summed E-state index contributed by atoms with van der Waals surface area (Å²) in [5.74, 6) is 1.37. The second kappa shape index (κ2) is 4.92. The monoisotopic (exact) mass is 247 g/mol. The Morgan fingerprint density at radius 2 is 2.00 bits per heavy atom. The zero-order valence-electron chi connectivity index (χ0n) is 9.91. The molecule has 0 unspecified atom stereocenters. The molecule has 2 aromatic rings. The van der Waals surface area contributed by atoms with E-state index in [-0.39, 0.29) is 5.69 Å². The van der Waals surface area contributed by atoms with Crippen molar-refractivity contribution >= 4 is 5.69 Å². The molecule has 0 radical (unpaired) electrons. The van der Waals surface area contributed by atoms with E-state index in [1.54, 1.807) is 12.1 Å². The van der Waals surface area contributed by atoms with Gasteiger partial charge in [0, 0.05) is 24.2 Å². The summed E-state index contributed by atoms with van der Waals surface area (Å²) >= 11 is 0. The molecule has 2 N–H and O–H groups in total. The Kier molecular flexibility index (Phi) is 3.33. The fourth-order valence-corrected chi connectivity index (χ4v) is 1.76. The first kappa shape index (κ1) is 12.2. The predicted octanol–water partition coefficient (Wildman–Crippen LogP) is 1.33. The van der Waals surface area contributed by atoms with Crippen LogP contribution in [0.15, 0.2) is 24.3 Å². The van der Waals surface area contributed by atoms with Gasteiger partial charge in [-0.25, -0.2) is 0 Å². The third-order valence-corrected chi connectivity index (χ3v) is 2.66. The summed E-state index contributed by atoms with van der Waals surface area (Å²) in [6.07, 6.45) is 0. The minimum atomic E-state index is -0.431. The number of rotatable bonds is 4. The Morgan fingerprint density at radius 3 is 2.50 bits per heavy atom. The summed E-state index contributed by atoms with van der Waals surface area (Å²) in [5.41, 5.74) is 6.41. The van der Waals surface area contributed by atoms with Crippen molar-refractivity contribution in [2.45, 2.75) is 20.0 Å². The van der Waals surface area contributed by atoms with E-state index < -0.39 is 4.92 Å². The molecule has 7 heteroatoms. The van der Waals surface area contributed by atoms with Gasteiger partial charge in [-0.1, -0.05) is 0 Å². The first-order valence-electron chi connectivity index (χ1n) is 5.54. The summed E-state index contributed by atoms with van der Waals surface area (Å²) in [6, 6.07) is 6.22. The Balaban J connectivity index is 2.42. The normalized spacial score (nSPS) is 10.6. The van der Waals surface area contributed by atoms with Crippen molar-refractivity contribution in [1.82, 2.24) is 14.8 Å². The number of hydrogen-bond donors (Lipinski definition) is 1. The number of nitrogens with two attached hydrogens (primary N) is 1. The maximum Gasteiger partial charge on any atom is 0.269 e. The van der Waals surface area contributed by atoms with E-state index >= 15 is 0 Å². The van der Waals surface area contributed by atoms with E-state index in [2.05, 4.69) is 10.2 Å². The molecule has 18 heavy (non-hydrogen) atoms. The summed E-state index contributed by atoms with van der Waals surface area (Å²) in [5, 5.41) is 18.6. The average Bonchev–Trinajstić information content (AvgIpc) is 2.81. The van der Waals surface area contributed by atoms with Crippen molar-refractivity contribution < 1.29 is 4.92 Å². The van der Waals surface area contributed by atoms with Gasteiger partial charge >= 0.3 is 0 Å². The van der Waals surface area contributed by atoms with Crippen LogP contribution in [0.25, 0.3) is 11.4 Å². The van der Waals surface area contributed by atoms with Crippen LogP contribution in [-0.4, -0.2) is 19.7 Å². The number of benzene rings is 1. The predicted molar refractivity (Wildman–Crippen MR) is 65.7 cm³/mol. The number of nitrogens with zero attached hydrogens (tertiary/aromatic N) is 4. The van der Waals surface area contributed by atoms with E-state index in [0.717, 1.165) is 5.56 Å². The lowest BCUT2D eigenvalue weighted by molar-refractivity contribution is -0.384. The van der Waals surface area contributed by atoms with Crippen molar-refractivity contribution in [3.63, 3.8) is 0 Å². The van der Waals surface area contributed by atoms with Gasteiger partial charge in [0.05, 0.1) is 11.5 Å². The highest BCUT2D eigenvalue weighted by molar-refractivity contribution is 5.57. The first-order valence-corrected chi connectivity index (χ1v) is 5.54. The topological polar surface area (TPSA) is 99.9 Å². The maximum atomic E-state index is 10.6. The molecule has 0 aliphatic rings. The van der Waals surface area contributed by atoms with Gasteiger partial charge in [0.25, 0.3) is 5.69 Å².